The minimum Gasteiger partial charge on any atom is -0.463 e. The molecule has 46 heavy (non-hydrogen) atoms. The number of hydrogen-bond acceptors (Lipinski definition) is 11. The molecule has 0 amide bonds. The molecule has 3 aromatic rings. The molecule has 0 unspecified atom stereocenters. The average molecular weight is 647 g/mol. The van der Waals surface area contributed by atoms with E-state index in [4.69, 9.17) is 35.9 Å². The number of aromatic nitrogens is 1. The quantitative estimate of drug-likeness (QED) is 0.193. The van der Waals surface area contributed by atoms with Gasteiger partial charge in [-0.3, -0.25) is 19.2 Å². The molecule has 1 fully saturated rings. The molecular formula is C34H34N2O9S. The predicted molar refractivity (Wildman–Crippen MR) is 167 cm³/mol. The fraction of sp³-hybridized carbons (Fsp3) is 0.412. The standard InChI is InChI=1S/C34H34N2O9S/c1-18(37)41-17-28-30(42-19(2)38)31(43-20(3)39)32(44-21(4)40)33(45-28)36-27-15-8-7-13-25(27)29(26(16-35)34(36)46)24-14-9-11-22-10-5-6-12-23(22)24/h5-6,9-12,14,28,30-33H,7-8,13,15,17H2,1-4H3/t28-,30-,31+,32+,33-/m1/s1. The molecule has 1 aromatic heterocycles. The molecule has 0 spiro atoms. The topological polar surface area (TPSA) is 143 Å². The van der Waals surface area contributed by atoms with Crippen LogP contribution in [0.5, 0.6) is 0 Å². The van der Waals surface area contributed by atoms with Crippen LogP contribution in [0.2, 0.25) is 0 Å². The molecule has 11 nitrogen and oxygen atoms in total. The second-order valence-corrected chi connectivity index (χ2v) is 11.7. The van der Waals surface area contributed by atoms with Crippen molar-refractivity contribution in [1.82, 2.24) is 4.57 Å². The van der Waals surface area contributed by atoms with Crippen molar-refractivity contribution in [3.05, 3.63) is 63.9 Å². The van der Waals surface area contributed by atoms with Crippen molar-refractivity contribution >= 4 is 46.9 Å². The first-order valence-electron chi connectivity index (χ1n) is 15.0. The lowest BCUT2D eigenvalue weighted by Gasteiger charge is -2.46. The van der Waals surface area contributed by atoms with Crippen LogP contribution in [0, 0.1) is 16.0 Å². The fourth-order valence-electron chi connectivity index (χ4n) is 6.45. The molecule has 5 atom stereocenters. The van der Waals surface area contributed by atoms with Crippen LogP contribution in [-0.4, -0.2) is 59.5 Å². The first kappa shape index (κ1) is 32.8. The van der Waals surface area contributed by atoms with Gasteiger partial charge in [0.05, 0.1) is 5.56 Å². The van der Waals surface area contributed by atoms with Gasteiger partial charge in [-0.25, -0.2) is 0 Å². The van der Waals surface area contributed by atoms with Gasteiger partial charge in [0.25, 0.3) is 0 Å². The molecule has 1 saturated heterocycles. The second kappa shape index (κ2) is 13.8. The number of ether oxygens (including phenoxy) is 5. The zero-order valence-corrected chi connectivity index (χ0v) is 26.8. The van der Waals surface area contributed by atoms with Crippen LogP contribution in [0.15, 0.2) is 42.5 Å². The molecule has 2 aliphatic rings. The number of rotatable bonds is 7. The first-order chi connectivity index (χ1) is 22.0. The monoisotopic (exact) mass is 646 g/mol. The van der Waals surface area contributed by atoms with Gasteiger partial charge in [-0.1, -0.05) is 54.7 Å². The van der Waals surface area contributed by atoms with Crippen LogP contribution in [0.25, 0.3) is 21.9 Å². The van der Waals surface area contributed by atoms with Crippen molar-refractivity contribution < 1.29 is 42.9 Å². The summed E-state index contributed by atoms with van der Waals surface area (Å²) in [6.45, 7) is 4.36. The first-order valence-corrected chi connectivity index (χ1v) is 15.4. The van der Waals surface area contributed by atoms with Gasteiger partial charge in [-0.2, -0.15) is 5.26 Å². The Hall–Kier alpha value is -4.60. The molecule has 2 heterocycles. The van der Waals surface area contributed by atoms with Crippen LogP contribution in [0.3, 0.4) is 0 Å². The number of pyridine rings is 1. The number of nitriles is 1. The number of carbonyl (C=O) groups excluding carboxylic acids is 4. The summed E-state index contributed by atoms with van der Waals surface area (Å²) in [4.78, 5) is 49.0. The SMILES string of the molecule is CC(=O)OC[C@H]1O[C@@H](n2c3c(c(-c4cccc5ccccc45)c(C#N)c2=S)CCCC3)[C@@H](OC(C)=O)[C@@H](OC(C)=O)[C@@H]1OC(C)=O. The van der Waals surface area contributed by atoms with Gasteiger partial charge in [-0.15, -0.1) is 0 Å². The van der Waals surface area contributed by atoms with E-state index in [0.29, 0.717) is 12.8 Å². The van der Waals surface area contributed by atoms with Crippen LogP contribution in [-0.2, 0) is 55.7 Å². The predicted octanol–water partition coefficient (Wildman–Crippen LogP) is 5.04. The summed E-state index contributed by atoms with van der Waals surface area (Å²) >= 11 is 6.05. The molecule has 0 bridgehead atoms. The molecule has 0 saturated carbocycles. The normalized spacial score (nSPS) is 22.2. The third kappa shape index (κ3) is 6.52. The summed E-state index contributed by atoms with van der Waals surface area (Å²) in [5.74, 6) is -2.79. The molecular weight excluding hydrogens is 612 g/mol. The van der Waals surface area contributed by atoms with E-state index >= 15 is 0 Å². The number of hydrogen-bond donors (Lipinski definition) is 0. The Balaban J connectivity index is 1.78. The molecule has 0 radical (unpaired) electrons. The number of nitrogens with zero attached hydrogens (tertiary/aromatic N) is 2. The number of fused-ring (bicyclic) bond motifs is 2. The average Bonchev–Trinajstić information content (AvgIpc) is 3.01. The summed E-state index contributed by atoms with van der Waals surface area (Å²) in [5.41, 5.74) is 3.52. The van der Waals surface area contributed by atoms with Gasteiger partial charge in [0.2, 0.25) is 0 Å². The largest absolute Gasteiger partial charge is 0.463 e. The van der Waals surface area contributed by atoms with Crippen LogP contribution in [0.4, 0.5) is 0 Å². The number of benzene rings is 2. The molecule has 5 rings (SSSR count). The third-order valence-electron chi connectivity index (χ3n) is 8.11. The summed E-state index contributed by atoms with van der Waals surface area (Å²) in [6.07, 6.45) is -3.54. The number of carbonyl (C=O) groups is 4. The zero-order valence-electron chi connectivity index (χ0n) is 25.9. The van der Waals surface area contributed by atoms with Gasteiger partial charge >= 0.3 is 23.9 Å². The van der Waals surface area contributed by atoms with E-state index in [1.54, 1.807) is 4.57 Å². The van der Waals surface area contributed by atoms with Crippen LogP contribution >= 0.6 is 12.2 Å². The van der Waals surface area contributed by atoms with E-state index in [2.05, 4.69) is 6.07 Å². The molecule has 240 valence electrons. The highest BCUT2D eigenvalue weighted by molar-refractivity contribution is 7.71. The van der Waals surface area contributed by atoms with E-state index < -0.39 is 54.5 Å². The maximum Gasteiger partial charge on any atom is 0.303 e. The fourth-order valence-corrected chi connectivity index (χ4v) is 6.81. The second-order valence-electron chi connectivity index (χ2n) is 11.3. The van der Waals surface area contributed by atoms with Crippen molar-refractivity contribution in [1.29, 1.82) is 5.26 Å². The van der Waals surface area contributed by atoms with Crippen molar-refractivity contribution in [3.8, 4) is 17.2 Å². The Bertz CT molecular complexity index is 1810. The lowest BCUT2D eigenvalue weighted by molar-refractivity contribution is -0.269. The minimum atomic E-state index is -1.37. The molecule has 0 N–H and O–H groups in total. The molecule has 1 aliphatic carbocycles. The van der Waals surface area contributed by atoms with Gasteiger partial charge in [-0.05, 0) is 47.6 Å². The van der Waals surface area contributed by atoms with Gasteiger partial charge in [0, 0.05) is 39.0 Å². The lowest BCUT2D eigenvalue weighted by Crippen LogP contribution is -2.61. The third-order valence-corrected chi connectivity index (χ3v) is 8.51. The molecule has 1 aliphatic heterocycles. The van der Waals surface area contributed by atoms with Gasteiger partial charge < -0.3 is 28.3 Å². The van der Waals surface area contributed by atoms with Crippen molar-refractivity contribution in [2.24, 2.45) is 0 Å². The van der Waals surface area contributed by atoms with E-state index in [1.807, 2.05) is 42.5 Å². The zero-order chi connectivity index (χ0) is 33.1. The van der Waals surface area contributed by atoms with Crippen LogP contribution in [0.1, 0.15) is 63.6 Å². The summed E-state index contributed by atoms with van der Waals surface area (Å²) in [6, 6.07) is 16.2. The van der Waals surface area contributed by atoms with Crippen molar-refractivity contribution in [2.75, 3.05) is 6.61 Å². The maximum absolute atomic E-state index is 12.5. The summed E-state index contributed by atoms with van der Waals surface area (Å²) in [5, 5.41) is 12.6. The Kier molecular flexibility index (Phi) is 9.84. The summed E-state index contributed by atoms with van der Waals surface area (Å²) in [7, 11) is 0. The van der Waals surface area contributed by atoms with Crippen molar-refractivity contribution in [2.45, 2.75) is 84.0 Å². The van der Waals surface area contributed by atoms with E-state index in [1.165, 1.54) is 27.7 Å². The molecule has 2 aromatic carbocycles. The molecule has 12 heteroatoms. The Morgan fingerprint density at radius 1 is 0.870 bits per heavy atom. The van der Waals surface area contributed by atoms with Gasteiger partial charge in [0.15, 0.2) is 24.5 Å². The Morgan fingerprint density at radius 2 is 1.50 bits per heavy atom. The van der Waals surface area contributed by atoms with Crippen LogP contribution < -0.4 is 0 Å². The lowest BCUT2D eigenvalue weighted by atomic mass is 9.84. The highest BCUT2D eigenvalue weighted by atomic mass is 32.1. The minimum absolute atomic E-state index is 0.131. The van der Waals surface area contributed by atoms with Crippen molar-refractivity contribution in [3.63, 3.8) is 0 Å². The maximum atomic E-state index is 12.5. The highest BCUT2D eigenvalue weighted by Crippen LogP contribution is 2.42. The van der Waals surface area contributed by atoms with E-state index in [9.17, 15) is 24.4 Å². The Morgan fingerprint density at radius 3 is 2.17 bits per heavy atom. The smallest absolute Gasteiger partial charge is 0.303 e. The summed E-state index contributed by atoms with van der Waals surface area (Å²) < 4.78 is 30.5. The highest BCUT2D eigenvalue weighted by Gasteiger charge is 2.53. The van der Waals surface area contributed by atoms with Gasteiger partial charge in [0.1, 0.15) is 23.4 Å². The Labute approximate surface area is 270 Å². The number of esters is 4. The van der Waals surface area contributed by atoms with E-state index in [0.717, 1.165) is 46.0 Å². The van der Waals surface area contributed by atoms with E-state index in [-0.39, 0.29) is 16.8 Å².